The molecular formula is C23H25ClN4O3. The average Bonchev–Trinajstić information content (AvgIpc) is 3.29. The van der Waals surface area contributed by atoms with Crippen molar-refractivity contribution in [3.05, 3.63) is 71.0 Å². The van der Waals surface area contributed by atoms with Crippen molar-refractivity contribution in [2.24, 2.45) is 0 Å². The van der Waals surface area contributed by atoms with E-state index in [4.69, 9.17) is 21.1 Å². The van der Waals surface area contributed by atoms with Gasteiger partial charge in [0.1, 0.15) is 0 Å². The zero-order valence-corrected chi connectivity index (χ0v) is 18.4. The van der Waals surface area contributed by atoms with E-state index in [1.807, 2.05) is 47.4 Å². The number of ether oxygens (including phenoxy) is 2. The number of amides is 1. The van der Waals surface area contributed by atoms with Crippen LogP contribution in [-0.2, 0) is 6.54 Å². The van der Waals surface area contributed by atoms with Gasteiger partial charge in [0.05, 0.1) is 31.7 Å². The van der Waals surface area contributed by atoms with Crippen LogP contribution in [0, 0.1) is 0 Å². The second-order valence-corrected chi connectivity index (χ2v) is 7.85. The van der Waals surface area contributed by atoms with Crippen LogP contribution in [0.25, 0.3) is 5.69 Å². The number of methoxy groups -OCH3 is 2. The summed E-state index contributed by atoms with van der Waals surface area (Å²) < 4.78 is 12.4. The Hall–Kier alpha value is -3.03. The lowest BCUT2D eigenvalue weighted by atomic mass is 10.1. The normalized spacial score (nSPS) is 14.5. The highest BCUT2D eigenvalue weighted by atomic mass is 35.5. The van der Waals surface area contributed by atoms with Crippen molar-refractivity contribution in [1.29, 1.82) is 0 Å². The van der Waals surface area contributed by atoms with Crippen molar-refractivity contribution in [2.45, 2.75) is 6.54 Å². The topological polar surface area (TPSA) is 59.8 Å². The number of benzene rings is 2. The molecule has 0 unspecified atom stereocenters. The number of hydrogen-bond donors (Lipinski definition) is 0. The van der Waals surface area contributed by atoms with Gasteiger partial charge in [-0.05, 0) is 35.9 Å². The van der Waals surface area contributed by atoms with E-state index in [2.05, 4.69) is 10.00 Å². The van der Waals surface area contributed by atoms with E-state index < -0.39 is 0 Å². The minimum absolute atomic E-state index is 0.000884. The molecule has 0 radical (unpaired) electrons. The first-order chi connectivity index (χ1) is 15.1. The number of piperazine rings is 1. The molecular weight excluding hydrogens is 416 g/mol. The average molecular weight is 441 g/mol. The molecule has 1 amide bonds. The number of halogens is 1. The summed E-state index contributed by atoms with van der Waals surface area (Å²) in [6.07, 6.45) is 3.36. The Morgan fingerprint density at radius 3 is 2.52 bits per heavy atom. The molecule has 8 heteroatoms. The number of aromatic nitrogens is 2. The first-order valence-corrected chi connectivity index (χ1v) is 10.5. The Morgan fingerprint density at radius 1 is 1.03 bits per heavy atom. The Kier molecular flexibility index (Phi) is 6.44. The van der Waals surface area contributed by atoms with Crippen LogP contribution >= 0.6 is 11.6 Å². The maximum absolute atomic E-state index is 12.9. The fraction of sp³-hybridized carbons (Fsp3) is 0.304. The lowest BCUT2D eigenvalue weighted by Gasteiger charge is -2.34. The van der Waals surface area contributed by atoms with Gasteiger partial charge in [0, 0.05) is 43.9 Å². The molecule has 0 spiro atoms. The number of carbonyl (C=O) groups excluding carboxylic acids is 1. The van der Waals surface area contributed by atoms with E-state index in [-0.39, 0.29) is 5.91 Å². The predicted molar refractivity (Wildman–Crippen MR) is 119 cm³/mol. The van der Waals surface area contributed by atoms with Crippen molar-refractivity contribution in [3.8, 4) is 17.2 Å². The molecule has 1 fully saturated rings. The molecule has 7 nitrogen and oxygen atoms in total. The van der Waals surface area contributed by atoms with Gasteiger partial charge in [0.15, 0.2) is 11.5 Å². The molecule has 4 rings (SSSR count). The Labute approximate surface area is 186 Å². The third-order valence-corrected chi connectivity index (χ3v) is 5.65. The highest BCUT2D eigenvalue weighted by molar-refractivity contribution is 6.30. The smallest absolute Gasteiger partial charge is 0.257 e. The van der Waals surface area contributed by atoms with E-state index >= 15 is 0 Å². The molecule has 3 aromatic rings. The lowest BCUT2D eigenvalue weighted by molar-refractivity contribution is 0.0628. The van der Waals surface area contributed by atoms with Crippen LogP contribution in [0.15, 0.2) is 54.9 Å². The Bertz CT molecular complexity index is 1060. The fourth-order valence-corrected chi connectivity index (χ4v) is 3.91. The zero-order valence-electron chi connectivity index (χ0n) is 17.6. The first-order valence-electron chi connectivity index (χ1n) is 10.1. The van der Waals surface area contributed by atoms with Gasteiger partial charge in [0.2, 0.25) is 0 Å². The summed E-state index contributed by atoms with van der Waals surface area (Å²) in [7, 11) is 3.27. The molecule has 2 aromatic carbocycles. The molecule has 1 saturated heterocycles. The molecule has 1 aromatic heterocycles. The Morgan fingerprint density at radius 2 is 1.81 bits per heavy atom. The van der Waals surface area contributed by atoms with Gasteiger partial charge < -0.3 is 14.4 Å². The number of rotatable bonds is 6. The Balaban J connectivity index is 1.35. The van der Waals surface area contributed by atoms with Crippen LogP contribution in [0.2, 0.25) is 5.02 Å². The fourth-order valence-electron chi connectivity index (χ4n) is 3.72. The highest BCUT2D eigenvalue weighted by Gasteiger charge is 2.23. The monoisotopic (exact) mass is 440 g/mol. The van der Waals surface area contributed by atoms with Crippen LogP contribution in [0.3, 0.4) is 0 Å². The van der Waals surface area contributed by atoms with Gasteiger partial charge in [-0.25, -0.2) is 4.68 Å². The molecule has 2 heterocycles. The quantitative estimate of drug-likeness (QED) is 0.587. The van der Waals surface area contributed by atoms with Crippen molar-refractivity contribution in [2.75, 3.05) is 40.4 Å². The largest absolute Gasteiger partial charge is 0.493 e. The van der Waals surface area contributed by atoms with Gasteiger partial charge in [-0.1, -0.05) is 23.7 Å². The summed E-state index contributed by atoms with van der Waals surface area (Å²) in [6, 6.07) is 13.4. The van der Waals surface area contributed by atoms with E-state index in [0.29, 0.717) is 23.7 Å². The van der Waals surface area contributed by atoms with Crippen LogP contribution < -0.4 is 9.47 Å². The van der Waals surface area contributed by atoms with Crippen molar-refractivity contribution in [1.82, 2.24) is 19.6 Å². The molecule has 0 N–H and O–H groups in total. The highest BCUT2D eigenvalue weighted by Crippen LogP contribution is 2.28. The summed E-state index contributed by atoms with van der Waals surface area (Å²) in [4.78, 5) is 17.1. The summed E-state index contributed by atoms with van der Waals surface area (Å²) >= 11 is 6.06. The lowest BCUT2D eigenvalue weighted by Crippen LogP contribution is -2.48. The van der Waals surface area contributed by atoms with Gasteiger partial charge in [-0.2, -0.15) is 5.10 Å². The van der Waals surface area contributed by atoms with Crippen LogP contribution in [0.4, 0.5) is 0 Å². The number of nitrogens with zero attached hydrogens (tertiary/aromatic N) is 4. The number of hydrogen-bond acceptors (Lipinski definition) is 5. The van der Waals surface area contributed by atoms with Crippen LogP contribution in [0.5, 0.6) is 11.5 Å². The van der Waals surface area contributed by atoms with Gasteiger partial charge in [0.25, 0.3) is 5.91 Å². The second kappa shape index (κ2) is 9.41. The summed E-state index contributed by atoms with van der Waals surface area (Å²) in [5.74, 6) is 1.45. The minimum Gasteiger partial charge on any atom is -0.493 e. The molecule has 31 heavy (non-hydrogen) atoms. The van der Waals surface area contributed by atoms with E-state index in [1.54, 1.807) is 31.3 Å². The van der Waals surface area contributed by atoms with Crippen molar-refractivity contribution in [3.63, 3.8) is 0 Å². The second-order valence-electron chi connectivity index (χ2n) is 7.41. The van der Waals surface area contributed by atoms with Crippen LogP contribution in [-0.4, -0.2) is 65.9 Å². The molecule has 1 aliphatic heterocycles. The van der Waals surface area contributed by atoms with Crippen molar-refractivity contribution >= 4 is 17.5 Å². The molecule has 0 atom stereocenters. The summed E-state index contributed by atoms with van der Waals surface area (Å²) in [6.45, 7) is 3.77. The van der Waals surface area contributed by atoms with Gasteiger partial charge in [-0.3, -0.25) is 9.69 Å². The molecule has 162 valence electrons. The molecule has 0 aliphatic carbocycles. The van der Waals surface area contributed by atoms with E-state index in [9.17, 15) is 4.79 Å². The third kappa shape index (κ3) is 4.84. The maximum Gasteiger partial charge on any atom is 0.257 e. The summed E-state index contributed by atoms with van der Waals surface area (Å²) in [5.41, 5.74) is 2.56. The van der Waals surface area contributed by atoms with Gasteiger partial charge >= 0.3 is 0 Å². The number of carbonyl (C=O) groups is 1. The summed E-state index contributed by atoms with van der Waals surface area (Å²) in [5, 5.41) is 4.95. The molecule has 1 aliphatic rings. The SMILES string of the molecule is COc1ccc(CN2CCN(C(=O)c3cnn(-c4cccc(Cl)c4)c3)CC2)cc1OC. The van der Waals surface area contributed by atoms with E-state index in [0.717, 1.165) is 42.4 Å². The van der Waals surface area contributed by atoms with Crippen molar-refractivity contribution < 1.29 is 14.3 Å². The first kappa shape index (κ1) is 21.2. The third-order valence-electron chi connectivity index (χ3n) is 5.42. The van der Waals surface area contributed by atoms with E-state index in [1.165, 1.54) is 0 Å². The minimum atomic E-state index is -0.000884. The van der Waals surface area contributed by atoms with Crippen LogP contribution in [0.1, 0.15) is 15.9 Å². The predicted octanol–water partition coefficient (Wildman–Crippen LogP) is 3.50. The standard InChI is InChI=1S/C23H25ClN4O3/c1-30-21-7-6-17(12-22(21)31-2)15-26-8-10-27(11-9-26)23(29)18-14-25-28(16-18)20-5-3-4-19(24)13-20/h3-7,12-14,16H,8-11,15H2,1-2H3. The molecule has 0 bridgehead atoms. The van der Waals surface area contributed by atoms with Gasteiger partial charge in [-0.15, -0.1) is 0 Å². The maximum atomic E-state index is 12.9. The molecule has 0 saturated carbocycles. The zero-order chi connectivity index (χ0) is 21.8.